The summed E-state index contributed by atoms with van der Waals surface area (Å²) in [5.41, 5.74) is 0. The molecule has 6 nitrogen and oxygen atoms in total. The van der Waals surface area contributed by atoms with Crippen LogP contribution < -0.4 is 0 Å². The average molecular weight is 933 g/mol. The summed E-state index contributed by atoms with van der Waals surface area (Å²) in [7, 11) is 0. The van der Waals surface area contributed by atoms with Gasteiger partial charge in [-0.3, -0.25) is 14.4 Å². The molecular weight excluding hydrogens is 829 g/mol. The predicted molar refractivity (Wildman–Crippen MR) is 288 cm³/mol. The van der Waals surface area contributed by atoms with E-state index in [9.17, 15) is 14.4 Å². The van der Waals surface area contributed by atoms with Crippen molar-refractivity contribution in [3.63, 3.8) is 0 Å². The van der Waals surface area contributed by atoms with E-state index in [1.54, 1.807) is 0 Å². The Bertz CT molecular complexity index is 1300. The third kappa shape index (κ3) is 53.4. The predicted octanol–water partition coefficient (Wildman–Crippen LogP) is 18.8. The SMILES string of the molecule is CC/C=C\C/C=C\C/C=C\C/C=C\C/C=C\C/C=C\CCC(=O)OC[C@@H](COC(=O)CCCCCCCCCCCCCCCC)OC(=O)CCCCCCC/C=C\CCCCCCCCC. The fourth-order valence-corrected chi connectivity index (χ4v) is 7.70. The summed E-state index contributed by atoms with van der Waals surface area (Å²) in [6.45, 7) is 6.46. The van der Waals surface area contributed by atoms with Gasteiger partial charge >= 0.3 is 17.9 Å². The lowest BCUT2D eigenvalue weighted by molar-refractivity contribution is -0.166. The summed E-state index contributed by atoms with van der Waals surface area (Å²) in [5, 5.41) is 0. The first-order valence-corrected chi connectivity index (χ1v) is 28.1. The van der Waals surface area contributed by atoms with Gasteiger partial charge in [0.05, 0.1) is 0 Å². The Kier molecular flexibility index (Phi) is 52.4. The minimum absolute atomic E-state index is 0.101. The van der Waals surface area contributed by atoms with Crippen LogP contribution in [0, 0.1) is 0 Å². The lowest BCUT2D eigenvalue weighted by Gasteiger charge is -2.18. The van der Waals surface area contributed by atoms with Crippen molar-refractivity contribution in [3.8, 4) is 0 Å². The molecule has 0 amide bonds. The summed E-state index contributed by atoms with van der Waals surface area (Å²) < 4.78 is 16.8. The zero-order valence-corrected chi connectivity index (χ0v) is 43.9. The topological polar surface area (TPSA) is 78.9 Å². The van der Waals surface area contributed by atoms with Crippen LogP contribution in [0.25, 0.3) is 0 Å². The number of ether oxygens (including phenoxy) is 3. The largest absolute Gasteiger partial charge is 0.462 e. The average Bonchev–Trinajstić information content (AvgIpc) is 3.33. The van der Waals surface area contributed by atoms with E-state index in [4.69, 9.17) is 14.2 Å². The van der Waals surface area contributed by atoms with E-state index in [-0.39, 0.29) is 37.5 Å². The van der Waals surface area contributed by atoms with E-state index < -0.39 is 6.10 Å². The molecule has 384 valence electrons. The van der Waals surface area contributed by atoms with Crippen molar-refractivity contribution in [2.75, 3.05) is 13.2 Å². The molecule has 0 rings (SSSR count). The maximum absolute atomic E-state index is 12.8. The summed E-state index contributed by atoms with van der Waals surface area (Å²) in [6.07, 6.45) is 71.5. The molecule has 0 heterocycles. The van der Waals surface area contributed by atoms with Crippen molar-refractivity contribution in [2.45, 2.75) is 271 Å². The number of unbranched alkanes of at least 4 members (excludes halogenated alkanes) is 25. The van der Waals surface area contributed by atoms with Crippen LogP contribution >= 0.6 is 0 Å². The van der Waals surface area contributed by atoms with Gasteiger partial charge in [-0.2, -0.15) is 0 Å². The van der Waals surface area contributed by atoms with Gasteiger partial charge in [-0.25, -0.2) is 0 Å². The fraction of sp³-hybridized carbons (Fsp3) is 0.721. The van der Waals surface area contributed by atoms with Crippen LogP contribution in [0.2, 0.25) is 0 Å². The van der Waals surface area contributed by atoms with Crippen LogP contribution in [0.1, 0.15) is 265 Å². The standard InChI is InChI=1S/C61H104O6/c1-4-7-10-13-16-19-22-25-28-30-31-32-34-36-39-42-45-48-51-54-60(63)66-57-58(56-65-59(62)53-50-47-44-41-38-35-27-24-21-18-15-12-9-6-3)67-61(64)55-52-49-46-43-40-37-33-29-26-23-20-17-14-11-8-5-2/h7,10,16,19,25,28-29,31-33,36,39,45,48,58H,4-6,8-9,11-15,17-18,20-24,26-27,30,34-35,37-38,40-44,46-47,49-57H2,1-3H3/b10-7-,19-16-,28-25-,32-31-,33-29-,39-36-,48-45-/t58-/m1/s1. The smallest absolute Gasteiger partial charge is 0.306 e. The number of hydrogen-bond donors (Lipinski definition) is 0. The first kappa shape index (κ1) is 63.6. The third-order valence-electron chi connectivity index (χ3n) is 11.9. The molecule has 0 aromatic rings. The highest BCUT2D eigenvalue weighted by molar-refractivity contribution is 5.71. The van der Waals surface area contributed by atoms with Crippen LogP contribution in [0.5, 0.6) is 0 Å². The lowest BCUT2D eigenvalue weighted by atomic mass is 10.0. The minimum Gasteiger partial charge on any atom is -0.462 e. The van der Waals surface area contributed by atoms with Crippen molar-refractivity contribution in [3.05, 3.63) is 85.1 Å². The Balaban J connectivity index is 4.50. The van der Waals surface area contributed by atoms with Gasteiger partial charge in [-0.15, -0.1) is 0 Å². The van der Waals surface area contributed by atoms with E-state index in [1.807, 2.05) is 6.08 Å². The number of carbonyl (C=O) groups is 3. The van der Waals surface area contributed by atoms with Crippen LogP contribution in [0.3, 0.4) is 0 Å². The molecule has 1 atom stereocenters. The molecule has 0 saturated heterocycles. The molecule has 0 N–H and O–H groups in total. The molecule has 0 saturated carbocycles. The van der Waals surface area contributed by atoms with Gasteiger partial charge in [0.15, 0.2) is 6.10 Å². The highest BCUT2D eigenvalue weighted by Gasteiger charge is 2.19. The maximum Gasteiger partial charge on any atom is 0.306 e. The van der Waals surface area contributed by atoms with Crippen molar-refractivity contribution >= 4 is 17.9 Å². The van der Waals surface area contributed by atoms with E-state index in [1.165, 1.54) is 128 Å². The summed E-state index contributed by atoms with van der Waals surface area (Å²) >= 11 is 0. The van der Waals surface area contributed by atoms with Gasteiger partial charge in [0, 0.05) is 19.3 Å². The number of hydrogen-bond acceptors (Lipinski definition) is 6. The lowest BCUT2D eigenvalue weighted by Crippen LogP contribution is -2.30. The number of allylic oxidation sites excluding steroid dienone is 14. The summed E-state index contributed by atoms with van der Waals surface area (Å²) in [5.74, 6) is -0.992. The normalized spacial score (nSPS) is 12.7. The van der Waals surface area contributed by atoms with Crippen molar-refractivity contribution in [1.82, 2.24) is 0 Å². The van der Waals surface area contributed by atoms with Crippen LogP contribution in [0.15, 0.2) is 85.1 Å². The first-order chi connectivity index (χ1) is 33.0. The molecular formula is C61H104O6. The molecule has 0 aliphatic carbocycles. The molecule has 0 aliphatic heterocycles. The number of esters is 3. The third-order valence-corrected chi connectivity index (χ3v) is 11.9. The molecule has 0 fully saturated rings. The van der Waals surface area contributed by atoms with Crippen LogP contribution in [0.4, 0.5) is 0 Å². The molecule has 0 unspecified atom stereocenters. The second kappa shape index (κ2) is 55.2. The fourth-order valence-electron chi connectivity index (χ4n) is 7.70. The second-order valence-corrected chi connectivity index (χ2v) is 18.5. The van der Waals surface area contributed by atoms with Crippen molar-refractivity contribution in [2.24, 2.45) is 0 Å². The Labute approximate surface area is 414 Å². The monoisotopic (exact) mass is 933 g/mol. The Morgan fingerprint density at radius 2 is 0.612 bits per heavy atom. The zero-order valence-electron chi connectivity index (χ0n) is 43.9. The molecule has 0 aromatic heterocycles. The van der Waals surface area contributed by atoms with Gasteiger partial charge in [0.2, 0.25) is 0 Å². The minimum atomic E-state index is -0.810. The summed E-state index contributed by atoms with van der Waals surface area (Å²) in [4.78, 5) is 38.1. The molecule has 67 heavy (non-hydrogen) atoms. The zero-order chi connectivity index (χ0) is 48.6. The first-order valence-electron chi connectivity index (χ1n) is 28.1. The van der Waals surface area contributed by atoms with E-state index >= 15 is 0 Å². The number of rotatable bonds is 50. The molecule has 0 aromatic carbocycles. The second-order valence-electron chi connectivity index (χ2n) is 18.5. The summed E-state index contributed by atoms with van der Waals surface area (Å²) in [6, 6.07) is 0. The van der Waals surface area contributed by atoms with Crippen molar-refractivity contribution in [1.29, 1.82) is 0 Å². The maximum atomic E-state index is 12.8. The van der Waals surface area contributed by atoms with E-state index in [0.717, 1.165) is 89.9 Å². The van der Waals surface area contributed by atoms with Crippen LogP contribution in [-0.4, -0.2) is 37.2 Å². The van der Waals surface area contributed by atoms with E-state index in [0.29, 0.717) is 19.3 Å². The number of carbonyl (C=O) groups excluding carboxylic acids is 3. The Morgan fingerprint density at radius 3 is 1.00 bits per heavy atom. The molecule has 6 heteroatoms. The highest BCUT2D eigenvalue weighted by atomic mass is 16.6. The molecule has 0 bridgehead atoms. The highest BCUT2D eigenvalue weighted by Crippen LogP contribution is 2.15. The van der Waals surface area contributed by atoms with Gasteiger partial charge in [0.25, 0.3) is 0 Å². The van der Waals surface area contributed by atoms with Gasteiger partial charge in [-0.1, -0.05) is 247 Å². The Hall–Kier alpha value is -3.41. The molecule has 0 aliphatic rings. The van der Waals surface area contributed by atoms with Gasteiger partial charge in [-0.05, 0) is 83.5 Å². The van der Waals surface area contributed by atoms with Gasteiger partial charge in [0.1, 0.15) is 13.2 Å². The quantitative estimate of drug-likeness (QED) is 0.0262. The molecule has 0 spiro atoms. The van der Waals surface area contributed by atoms with E-state index in [2.05, 4.69) is 99.8 Å². The van der Waals surface area contributed by atoms with Crippen molar-refractivity contribution < 1.29 is 28.6 Å². The van der Waals surface area contributed by atoms with Gasteiger partial charge < -0.3 is 14.2 Å². The van der Waals surface area contributed by atoms with Crippen LogP contribution in [-0.2, 0) is 28.6 Å². The molecule has 0 radical (unpaired) electrons. The Morgan fingerprint density at radius 1 is 0.313 bits per heavy atom.